The van der Waals surface area contributed by atoms with E-state index in [0.29, 0.717) is 4.90 Å². The molecule has 114 valence electrons. The smallest absolute Gasteiger partial charge is 0.242 e. The summed E-state index contributed by atoms with van der Waals surface area (Å²) in [6, 6.07) is 9.16. The Morgan fingerprint density at radius 2 is 1.76 bits per heavy atom. The summed E-state index contributed by atoms with van der Waals surface area (Å²) in [5.41, 5.74) is 2.18. The molecule has 1 aromatic carbocycles. The summed E-state index contributed by atoms with van der Waals surface area (Å²) in [4.78, 5) is 1.60. The summed E-state index contributed by atoms with van der Waals surface area (Å²) in [5.74, 6) is 0. The molecule has 6 heteroatoms. The van der Waals surface area contributed by atoms with Crippen LogP contribution in [0.3, 0.4) is 0 Å². The Bertz CT molecular complexity index is 704. The molecule has 2 aromatic rings. The van der Waals surface area contributed by atoms with Gasteiger partial charge in [0.25, 0.3) is 0 Å². The highest BCUT2D eigenvalue weighted by atomic mass is 32.2. The number of aryl methyl sites for hydroxylation is 1. The maximum atomic E-state index is 12.0. The maximum Gasteiger partial charge on any atom is 0.242 e. The van der Waals surface area contributed by atoms with Crippen LogP contribution < -0.4 is 5.32 Å². The lowest BCUT2D eigenvalue weighted by atomic mass is 10.2. The molecule has 0 spiro atoms. The van der Waals surface area contributed by atoms with Crippen LogP contribution in [0.25, 0.3) is 0 Å². The van der Waals surface area contributed by atoms with Gasteiger partial charge in [0.1, 0.15) is 0 Å². The first-order chi connectivity index (χ1) is 9.82. The van der Waals surface area contributed by atoms with Crippen LogP contribution >= 0.6 is 11.3 Å². The lowest BCUT2D eigenvalue weighted by Crippen LogP contribution is -2.22. The topological polar surface area (TPSA) is 49.4 Å². The van der Waals surface area contributed by atoms with E-state index in [4.69, 9.17) is 0 Å². The van der Waals surface area contributed by atoms with E-state index in [1.165, 1.54) is 28.8 Å². The van der Waals surface area contributed by atoms with E-state index in [2.05, 4.69) is 30.6 Å². The number of sulfonamides is 1. The van der Waals surface area contributed by atoms with Crippen molar-refractivity contribution in [2.24, 2.45) is 0 Å². The van der Waals surface area contributed by atoms with Gasteiger partial charge >= 0.3 is 0 Å². The fourth-order valence-electron chi connectivity index (χ4n) is 2.08. The van der Waals surface area contributed by atoms with Gasteiger partial charge in [-0.1, -0.05) is 0 Å². The summed E-state index contributed by atoms with van der Waals surface area (Å²) >= 11 is 1.72. The van der Waals surface area contributed by atoms with Crippen molar-refractivity contribution < 1.29 is 8.42 Å². The van der Waals surface area contributed by atoms with Gasteiger partial charge < -0.3 is 5.32 Å². The van der Waals surface area contributed by atoms with Gasteiger partial charge in [-0.3, -0.25) is 0 Å². The zero-order valence-electron chi connectivity index (χ0n) is 12.6. The van der Waals surface area contributed by atoms with E-state index >= 15 is 0 Å². The van der Waals surface area contributed by atoms with Crippen LogP contribution in [0.2, 0.25) is 0 Å². The van der Waals surface area contributed by atoms with Crippen LogP contribution in [0.5, 0.6) is 0 Å². The van der Waals surface area contributed by atoms with Crippen LogP contribution in [-0.4, -0.2) is 26.8 Å². The molecule has 1 unspecified atom stereocenters. The Labute approximate surface area is 130 Å². The van der Waals surface area contributed by atoms with Gasteiger partial charge in [-0.15, -0.1) is 11.3 Å². The fourth-order valence-corrected chi connectivity index (χ4v) is 3.91. The molecule has 0 fully saturated rings. The van der Waals surface area contributed by atoms with Crippen molar-refractivity contribution in [3.8, 4) is 0 Å². The average molecular weight is 324 g/mol. The van der Waals surface area contributed by atoms with E-state index in [9.17, 15) is 8.42 Å². The second kappa shape index (κ2) is 6.17. The molecule has 0 radical (unpaired) electrons. The van der Waals surface area contributed by atoms with E-state index < -0.39 is 10.0 Å². The summed E-state index contributed by atoms with van der Waals surface area (Å²) in [7, 11) is -0.303. The first-order valence-corrected chi connectivity index (χ1v) is 8.97. The quantitative estimate of drug-likeness (QED) is 0.916. The summed E-state index contributed by atoms with van der Waals surface area (Å²) in [6.07, 6.45) is 0. The predicted molar refractivity (Wildman–Crippen MR) is 88.4 cm³/mol. The summed E-state index contributed by atoms with van der Waals surface area (Å²) < 4.78 is 25.2. The van der Waals surface area contributed by atoms with Gasteiger partial charge in [0, 0.05) is 24.7 Å². The highest BCUT2D eigenvalue weighted by molar-refractivity contribution is 7.89. The van der Waals surface area contributed by atoms with Crippen LogP contribution in [-0.2, 0) is 10.0 Å². The number of nitrogens with one attached hydrogen (secondary N) is 1. The zero-order chi connectivity index (χ0) is 15.6. The zero-order valence-corrected chi connectivity index (χ0v) is 14.3. The second-order valence-electron chi connectivity index (χ2n) is 5.15. The number of hydrogen-bond donors (Lipinski definition) is 1. The first-order valence-electron chi connectivity index (χ1n) is 6.65. The number of thiophene rings is 1. The van der Waals surface area contributed by atoms with E-state index in [1.54, 1.807) is 35.6 Å². The van der Waals surface area contributed by atoms with Crippen molar-refractivity contribution in [1.82, 2.24) is 4.31 Å². The lowest BCUT2D eigenvalue weighted by Gasteiger charge is -2.16. The monoisotopic (exact) mass is 324 g/mol. The normalized spacial score (nSPS) is 13.4. The molecule has 0 aliphatic heterocycles. The van der Waals surface area contributed by atoms with Crippen molar-refractivity contribution in [2.45, 2.75) is 24.8 Å². The van der Waals surface area contributed by atoms with E-state index in [-0.39, 0.29) is 6.04 Å². The van der Waals surface area contributed by atoms with Gasteiger partial charge in [0.05, 0.1) is 10.9 Å². The molecule has 1 N–H and O–H groups in total. The van der Waals surface area contributed by atoms with Crippen LogP contribution in [0.4, 0.5) is 5.69 Å². The number of anilines is 1. The highest BCUT2D eigenvalue weighted by Crippen LogP contribution is 2.27. The average Bonchev–Trinajstić information content (AvgIpc) is 2.85. The first kappa shape index (κ1) is 16.0. The van der Waals surface area contributed by atoms with E-state index in [1.807, 2.05) is 0 Å². The Kier molecular flexibility index (Phi) is 4.70. The van der Waals surface area contributed by atoms with Gasteiger partial charge in [0.15, 0.2) is 0 Å². The van der Waals surface area contributed by atoms with Gasteiger partial charge in [-0.05, 0) is 55.1 Å². The Hall–Kier alpha value is -1.37. The second-order valence-corrected chi connectivity index (χ2v) is 8.25. The highest BCUT2D eigenvalue weighted by Gasteiger charge is 2.17. The third-order valence-corrected chi connectivity index (χ3v) is 6.34. The van der Waals surface area contributed by atoms with E-state index in [0.717, 1.165) is 5.69 Å². The predicted octanol–water partition coefficient (Wildman–Crippen LogP) is 3.48. The molecule has 1 aromatic heterocycles. The minimum atomic E-state index is -3.36. The van der Waals surface area contributed by atoms with Gasteiger partial charge in [-0.2, -0.15) is 0 Å². The van der Waals surface area contributed by atoms with Crippen molar-refractivity contribution in [3.05, 3.63) is 46.2 Å². The summed E-state index contributed by atoms with van der Waals surface area (Å²) in [5, 5.41) is 5.47. The minimum absolute atomic E-state index is 0.196. The number of nitrogens with zero attached hydrogens (tertiary/aromatic N) is 1. The Balaban J connectivity index is 2.15. The molecule has 0 aliphatic carbocycles. The third-order valence-electron chi connectivity index (χ3n) is 3.31. The molecular formula is C15H20N2O2S2. The molecule has 0 bridgehead atoms. The van der Waals surface area contributed by atoms with Crippen LogP contribution in [0.15, 0.2) is 40.6 Å². The Morgan fingerprint density at radius 3 is 2.24 bits per heavy atom. The molecule has 0 aliphatic rings. The SMILES string of the molecule is Cc1ccsc1C(C)Nc1ccc(S(=O)(=O)N(C)C)cc1. The lowest BCUT2D eigenvalue weighted by molar-refractivity contribution is 0.521. The molecule has 0 amide bonds. The molecule has 1 atom stereocenters. The molecular weight excluding hydrogens is 304 g/mol. The molecule has 21 heavy (non-hydrogen) atoms. The number of rotatable bonds is 5. The minimum Gasteiger partial charge on any atom is -0.378 e. The number of hydrogen-bond acceptors (Lipinski definition) is 4. The molecule has 4 nitrogen and oxygen atoms in total. The van der Waals surface area contributed by atoms with Crippen molar-refractivity contribution >= 4 is 27.0 Å². The number of benzene rings is 1. The van der Waals surface area contributed by atoms with Crippen LogP contribution in [0, 0.1) is 6.92 Å². The molecule has 0 saturated heterocycles. The van der Waals surface area contributed by atoms with Gasteiger partial charge in [0.2, 0.25) is 10.0 Å². The van der Waals surface area contributed by atoms with Crippen LogP contribution in [0.1, 0.15) is 23.4 Å². The Morgan fingerprint density at radius 1 is 1.14 bits per heavy atom. The molecule has 2 rings (SSSR count). The van der Waals surface area contributed by atoms with Gasteiger partial charge in [-0.25, -0.2) is 12.7 Å². The fraction of sp³-hybridized carbons (Fsp3) is 0.333. The third kappa shape index (κ3) is 3.45. The van der Waals surface area contributed by atoms with Crippen molar-refractivity contribution in [2.75, 3.05) is 19.4 Å². The maximum absolute atomic E-state index is 12.0. The molecule has 1 heterocycles. The summed E-state index contributed by atoms with van der Waals surface area (Å²) in [6.45, 7) is 4.19. The van der Waals surface area contributed by atoms with Crippen molar-refractivity contribution in [3.63, 3.8) is 0 Å². The molecule has 0 saturated carbocycles. The largest absolute Gasteiger partial charge is 0.378 e. The van der Waals surface area contributed by atoms with Crippen molar-refractivity contribution in [1.29, 1.82) is 0 Å². The standard InChI is InChI=1S/C15H20N2O2S2/c1-11-9-10-20-15(11)12(2)16-13-5-7-14(8-6-13)21(18,19)17(3)4/h5-10,12,16H,1-4H3.